The van der Waals surface area contributed by atoms with E-state index in [9.17, 15) is 4.79 Å². The molecule has 0 aliphatic carbocycles. The van der Waals surface area contributed by atoms with Gasteiger partial charge in [0.1, 0.15) is 0 Å². The highest BCUT2D eigenvalue weighted by atomic mass is 16.5. The highest BCUT2D eigenvalue weighted by Gasteiger charge is 2.12. The summed E-state index contributed by atoms with van der Waals surface area (Å²) in [4.78, 5) is 20.5. The van der Waals surface area contributed by atoms with Crippen molar-refractivity contribution in [3.8, 4) is 11.4 Å². The monoisotopic (exact) mass is 368 g/mol. The number of amides is 1. The van der Waals surface area contributed by atoms with Crippen molar-refractivity contribution < 1.29 is 9.32 Å². The van der Waals surface area contributed by atoms with Gasteiger partial charge in [-0.3, -0.25) is 14.5 Å². The Bertz CT molecular complexity index is 887. The maximum absolute atomic E-state index is 12.1. The number of pyridine rings is 1. The predicted octanol–water partition coefficient (Wildman–Crippen LogP) is 2.47. The second kappa shape index (κ2) is 8.57. The lowest BCUT2D eigenvalue weighted by Crippen LogP contribution is -2.36. The fourth-order valence-corrected chi connectivity index (χ4v) is 2.89. The average Bonchev–Trinajstić information content (AvgIpc) is 3.22. The van der Waals surface area contributed by atoms with Crippen LogP contribution in [0.4, 0.5) is 0 Å². The Kier molecular flexibility index (Phi) is 5.95. The second-order valence-electron chi connectivity index (χ2n) is 6.68. The van der Waals surface area contributed by atoms with E-state index in [-0.39, 0.29) is 11.9 Å². The highest BCUT2D eigenvalue weighted by molar-refractivity contribution is 5.76. The van der Waals surface area contributed by atoms with E-state index >= 15 is 0 Å². The molecular formula is C19H24N6O2. The van der Waals surface area contributed by atoms with Crippen LogP contribution in [-0.4, -0.2) is 36.9 Å². The van der Waals surface area contributed by atoms with Crippen LogP contribution in [0, 0.1) is 13.8 Å². The van der Waals surface area contributed by atoms with E-state index in [4.69, 9.17) is 4.52 Å². The zero-order chi connectivity index (χ0) is 19.2. The maximum atomic E-state index is 12.1. The lowest BCUT2D eigenvalue weighted by Gasteiger charge is -2.15. The van der Waals surface area contributed by atoms with Crippen molar-refractivity contribution >= 4 is 5.91 Å². The van der Waals surface area contributed by atoms with Gasteiger partial charge in [0.2, 0.25) is 17.6 Å². The summed E-state index contributed by atoms with van der Waals surface area (Å²) in [5.74, 6) is 1.08. The average molecular weight is 368 g/mol. The summed E-state index contributed by atoms with van der Waals surface area (Å²) in [6.45, 7) is 6.61. The second-order valence-corrected chi connectivity index (χ2v) is 6.68. The first-order valence-electron chi connectivity index (χ1n) is 9.04. The molecule has 1 amide bonds. The smallest absolute Gasteiger partial charge is 0.226 e. The number of aromatic nitrogens is 5. The van der Waals surface area contributed by atoms with Crippen molar-refractivity contribution in [2.45, 2.75) is 52.6 Å². The van der Waals surface area contributed by atoms with Crippen molar-refractivity contribution in [1.29, 1.82) is 0 Å². The summed E-state index contributed by atoms with van der Waals surface area (Å²) < 4.78 is 7.17. The third-order valence-electron chi connectivity index (χ3n) is 4.16. The van der Waals surface area contributed by atoms with Crippen molar-refractivity contribution in [3.05, 3.63) is 47.9 Å². The number of hydrogen-bond donors (Lipinski definition) is 1. The van der Waals surface area contributed by atoms with Gasteiger partial charge in [-0.05, 0) is 45.4 Å². The van der Waals surface area contributed by atoms with Crippen LogP contribution in [0.5, 0.6) is 0 Å². The highest BCUT2D eigenvalue weighted by Crippen LogP contribution is 2.15. The molecule has 0 saturated carbocycles. The molecule has 0 aliphatic heterocycles. The van der Waals surface area contributed by atoms with Crippen LogP contribution in [0.15, 0.2) is 35.1 Å². The van der Waals surface area contributed by atoms with Gasteiger partial charge in [0.25, 0.3) is 0 Å². The summed E-state index contributed by atoms with van der Waals surface area (Å²) >= 11 is 0. The van der Waals surface area contributed by atoms with E-state index in [0.29, 0.717) is 37.5 Å². The molecule has 0 bridgehead atoms. The molecule has 27 heavy (non-hydrogen) atoms. The minimum atomic E-state index is 0.0113. The third kappa shape index (κ3) is 5.22. The van der Waals surface area contributed by atoms with Crippen LogP contribution in [0.3, 0.4) is 0 Å². The SMILES string of the molecule is Cc1cc(C)n(C[C@H](C)NC(=O)CCCc2nc(-c3ccncc3)no2)n1. The lowest BCUT2D eigenvalue weighted by atomic mass is 10.2. The summed E-state index contributed by atoms with van der Waals surface area (Å²) in [7, 11) is 0. The van der Waals surface area contributed by atoms with Gasteiger partial charge < -0.3 is 9.84 Å². The van der Waals surface area contributed by atoms with Crippen LogP contribution in [0.2, 0.25) is 0 Å². The summed E-state index contributed by atoms with van der Waals surface area (Å²) in [6.07, 6.45) is 4.99. The molecule has 8 heteroatoms. The fraction of sp³-hybridized carbons (Fsp3) is 0.421. The Balaban J connectivity index is 1.42. The molecule has 0 fully saturated rings. The molecule has 3 rings (SSSR count). The van der Waals surface area contributed by atoms with E-state index in [1.165, 1.54) is 0 Å². The topological polar surface area (TPSA) is 98.7 Å². The van der Waals surface area contributed by atoms with E-state index in [1.54, 1.807) is 12.4 Å². The quantitative estimate of drug-likeness (QED) is 0.656. The molecule has 8 nitrogen and oxygen atoms in total. The van der Waals surface area contributed by atoms with Crippen LogP contribution in [0.1, 0.15) is 37.0 Å². The molecule has 3 heterocycles. The van der Waals surface area contributed by atoms with Crippen LogP contribution < -0.4 is 5.32 Å². The fourth-order valence-electron chi connectivity index (χ4n) is 2.89. The molecule has 0 aromatic carbocycles. The van der Waals surface area contributed by atoms with Crippen molar-refractivity contribution in [2.24, 2.45) is 0 Å². The van der Waals surface area contributed by atoms with Gasteiger partial charge in [-0.2, -0.15) is 10.1 Å². The van der Waals surface area contributed by atoms with Crippen LogP contribution in [0.25, 0.3) is 11.4 Å². The number of aryl methyl sites for hydroxylation is 3. The third-order valence-corrected chi connectivity index (χ3v) is 4.16. The molecule has 142 valence electrons. The summed E-state index contributed by atoms with van der Waals surface area (Å²) in [5, 5.41) is 11.4. The van der Waals surface area contributed by atoms with E-state index < -0.39 is 0 Å². The molecular weight excluding hydrogens is 344 g/mol. The molecule has 0 saturated heterocycles. The molecule has 3 aromatic heterocycles. The Morgan fingerprint density at radius 1 is 1.30 bits per heavy atom. The Labute approximate surface area is 158 Å². The number of nitrogens with zero attached hydrogens (tertiary/aromatic N) is 5. The molecule has 1 atom stereocenters. The number of hydrogen-bond acceptors (Lipinski definition) is 6. The molecule has 1 N–H and O–H groups in total. The summed E-state index contributed by atoms with van der Waals surface area (Å²) in [5.41, 5.74) is 2.93. The van der Waals surface area contributed by atoms with Crippen LogP contribution >= 0.6 is 0 Å². The number of nitrogens with one attached hydrogen (secondary N) is 1. The predicted molar refractivity (Wildman–Crippen MR) is 99.8 cm³/mol. The molecule has 0 aliphatic rings. The van der Waals surface area contributed by atoms with Crippen molar-refractivity contribution in [2.75, 3.05) is 0 Å². The van der Waals surface area contributed by atoms with Crippen molar-refractivity contribution in [1.82, 2.24) is 30.2 Å². The molecule has 0 unspecified atom stereocenters. The minimum Gasteiger partial charge on any atom is -0.352 e. The molecule has 0 spiro atoms. The Morgan fingerprint density at radius 2 is 2.07 bits per heavy atom. The molecule has 3 aromatic rings. The van der Waals surface area contributed by atoms with E-state index in [2.05, 4.69) is 25.5 Å². The Hall–Kier alpha value is -3.03. The van der Waals surface area contributed by atoms with E-state index in [1.807, 2.05) is 43.7 Å². The van der Waals surface area contributed by atoms with Gasteiger partial charge in [-0.1, -0.05) is 5.16 Å². The summed E-state index contributed by atoms with van der Waals surface area (Å²) in [6, 6.07) is 5.69. The lowest BCUT2D eigenvalue weighted by molar-refractivity contribution is -0.121. The first-order valence-corrected chi connectivity index (χ1v) is 9.04. The van der Waals surface area contributed by atoms with Gasteiger partial charge >= 0.3 is 0 Å². The van der Waals surface area contributed by atoms with Crippen molar-refractivity contribution in [3.63, 3.8) is 0 Å². The zero-order valence-corrected chi connectivity index (χ0v) is 15.8. The zero-order valence-electron chi connectivity index (χ0n) is 15.8. The number of carbonyl (C=O) groups is 1. The minimum absolute atomic E-state index is 0.0113. The largest absolute Gasteiger partial charge is 0.352 e. The van der Waals surface area contributed by atoms with Gasteiger partial charge in [0.05, 0.1) is 12.2 Å². The standard InChI is InChI=1S/C19H24N6O2/c1-13-11-15(3)25(23-13)12-14(2)21-17(26)5-4-6-18-22-19(24-27-18)16-7-9-20-10-8-16/h7-11,14H,4-6,12H2,1-3H3,(H,21,26)/t14-/m0/s1. The Morgan fingerprint density at radius 3 is 2.78 bits per heavy atom. The van der Waals surface area contributed by atoms with Crippen LogP contribution in [-0.2, 0) is 17.8 Å². The number of carbonyl (C=O) groups excluding carboxylic acids is 1. The first kappa shape index (κ1) is 18.8. The van der Waals surface area contributed by atoms with Gasteiger partial charge in [-0.15, -0.1) is 0 Å². The maximum Gasteiger partial charge on any atom is 0.226 e. The molecule has 0 radical (unpaired) electrons. The van der Waals surface area contributed by atoms with E-state index in [0.717, 1.165) is 17.0 Å². The van der Waals surface area contributed by atoms with Gasteiger partial charge in [0, 0.05) is 42.5 Å². The van der Waals surface area contributed by atoms with Gasteiger partial charge in [-0.25, -0.2) is 0 Å². The normalized spacial score (nSPS) is 12.1. The van der Waals surface area contributed by atoms with Gasteiger partial charge in [0.15, 0.2) is 0 Å². The first-order chi connectivity index (χ1) is 13.0. The number of rotatable bonds is 8.